The highest BCUT2D eigenvalue weighted by molar-refractivity contribution is 8.21. The molecule has 9 heteroatoms. The van der Waals surface area contributed by atoms with Crippen LogP contribution in [0, 0.1) is 5.92 Å². The van der Waals surface area contributed by atoms with Crippen LogP contribution in [0.15, 0.2) is 70.3 Å². The average Bonchev–Trinajstić information content (AvgIpc) is 3.18. The van der Waals surface area contributed by atoms with Gasteiger partial charge < -0.3 is 9.84 Å². The van der Waals surface area contributed by atoms with E-state index in [0.29, 0.717) is 15.8 Å². The Morgan fingerprint density at radius 2 is 1.82 bits per heavy atom. The number of halogens is 1. The van der Waals surface area contributed by atoms with Crippen LogP contribution in [0.1, 0.15) is 21.0 Å². The third-order valence-electron chi connectivity index (χ3n) is 3.87. The summed E-state index contributed by atoms with van der Waals surface area (Å²) in [5, 5.41) is 10.2. The van der Waals surface area contributed by atoms with Gasteiger partial charge in [-0.1, -0.05) is 30.4 Å². The first kappa shape index (κ1) is 20.4. The average molecular weight is 435 g/mol. The number of ether oxygens (including phenoxy) is 1. The molecule has 0 saturated carbocycles. The van der Waals surface area contributed by atoms with Crippen molar-refractivity contribution in [2.75, 3.05) is 12.4 Å². The summed E-state index contributed by atoms with van der Waals surface area (Å²) >= 11 is 1.44. The van der Waals surface area contributed by atoms with E-state index in [1.54, 1.807) is 30.3 Å². The molecule has 0 aliphatic heterocycles. The molecular weight excluding hydrogens is 420 g/mol. The molecule has 0 spiro atoms. The minimum absolute atomic E-state index is 0.0128. The van der Waals surface area contributed by atoms with Gasteiger partial charge in [0.25, 0.3) is 0 Å². The number of carboxylic acids is 1. The van der Waals surface area contributed by atoms with Crippen molar-refractivity contribution >= 4 is 45.4 Å². The van der Waals surface area contributed by atoms with E-state index in [4.69, 9.17) is 20.5 Å². The quantitative estimate of drug-likeness (QED) is 0.480. The van der Waals surface area contributed by atoms with Crippen LogP contribution in [0.3, 0.4) is 0 Å². The lowest BCUT2D eigenvalue weighted by molar-refractivity contribution is 0.0473. The zero-order chi connectivity index (χ0) is 19.9. The molecule has 28 heavy (non-hydrogen) atoms. The maximum Gasteiger partial charge on any atom is 0.356 e. The molecule has 1 N–H and O–H groups in total. The Morgan fingerprint density at radius 3 is 2.57 bits per heavy atom. The highest BCUT2D eigenvalue weighted by Crippen LogP contribution is 2.27. The lowest BCUT2D eigenvalue weighted by atomic mass is 10.1. The molecular formula is C19H15ClN2O4S2. The van der Waals surface area contributed by atoms with Crippen LogP contribution in [0.5, 0.6) is 0 Å². The number of carbonyl (C=O) groups excluding carboxylic acids is 1. The van der Waals surface area contributed by atoms with Crippen molar-refractivity contribution in [1.82, 2.24) is 9.97 Å². The SMILES string of the molecule is O=C(O)c1cccc(SCC2=CC=CC2COC(=O)c2cccc(SCl)n2)n1. The molecule has 2 heterocycles. The van der Waals surface area contributed by atoms with E-state index in [0.717, 1.165) is 16.5 Å². The molecule has 1 unspecified atom stereocenters. The van der Waals surface area contributed by atoms with Crippen molar-refractivity contribution in [3.8, 4) is 0 Å². The van der Waals surface area contributed by atoms with E-state index in [9.17, 15) is 9.59 Å². The van der Waals surface area contributed by atoms with Gasteiger partial charge >= 0.3 is 11.9 Å². The van der Waals surface area contributed by atoms with Crippen molar-refractivity contribution in [3.05, 3.63) is 71.6 Å². The van der Waals surface area contributed by atoms with E-state index in [1.807, 2.05) is 18.2 Å². The van der Waals surface area contributed by atoms with E-state index >= 15 is 0 Å². The normalized spacial score (nSPS) is 15.3. The molecule has 0 fully saturated rings. The number of aromatic nitrogens is 2. The maximum atomic E-state index is 12.2. The summed E-state index contributed by atoms with van der Waals surface area (Å²) < 4.78 is 5.40. The summed E-state index contributed by atoms with van der Waals surface area (Å²) in [6.45, 7) is 0.199. The van der Waals surface area contributed by atoms with Gasteiger partial charge in [-0.15, -0.1) is 11.8 Å². The van der Waals surface area contributed by atoms with Crippen LogP contribution < -0.4 is 0 Å². The molecule has 1 aliphatic rings. The number of carboxylic acid groups (broad SMARTS) is 1. The van der Waals surface area contributed by atoms with Crippen LogP contribution in [0.2, 0.25) is 0 Å². The Hall–Kier alpha value is -2.29. The van der Waals surface area contributed by atoms with E-state index in [1.165, 1.54) is 17.8 Å². The molecule has 0 radical (unpaired) electrons. The standard InChI is InChI=1S/C19H15ClN2O4S2/c20-28-17-9-3-7-15(22-17)19(25)26-10-12-4-1-5-13(12)11-27-16-8-2-6-14(21-16)18(23)24/h1-9,12H,10-11H2,(H,23,24). The fraction of sp³-hybridized carbons (Fsp3) is 0.158. The largest absolute Gasteiger partial charge is 0.477 e. The van der Waals surface area contributed by atoms with E-state index < -0.39 is 11.9 Å². The van der Waals surface area contributed by atoms with Gasteiger partial charge in [0.2, 0.25) is 0 Å². The fourth-order valence-electron chi connectivity index (χ4n) is 2.46. The highest BCUT2D eigenvalue weighted by Gasteiger charge is 2.19. The molecule has 0 amide bonds. The van der Waals surface area contributed by atoms with Crippen LogP contribution in [0.4, 0.5) is 0 Å². The summed E-state index contributed by atoms with van der Waals surface area (Å²) in [4.78, 5) is 31.4. The molecule has 2 aromatic heterocycles. The van der Waals surface area contributed by atoms with Gasteiger partial charge in [-0.3, -0.25) is 0 Å². The summed E-state index contributed by atoms with van der Waals surface area (Å²) in [6.07, 6.45) is 5.84. The third kappa shape index (κ3) is 5.37. The van der Waals surface area contributed by atoms with Crippen molar-refractivity contribution in [1.29, 1.82) is 0 Å². The van der Waals surface area contributed by atoms with Gasteiger partial charge in [-0.25, -0.2) is 19.6 Å². The second-order valence-corrected chi connectivity index (χ2v) is 7.76. The lowest BCUT2D eigenvalue weighted by Gasteiger charge is -2.14. The zero-order valence-electron chi connectivity index (χ0n) is 14.4. The van der Waals surface area contributed by atoms with Crippen LogP contribution in [0.25, 0.3) is 0 Å². The molecule has 3 rings (SSSR count). The van der Waals surface area contributed by atoms with Gasteiger partial charge in [-0.05, 0) is 40.5 Å². The second kappa shape index (κ2) is 9.77. The Kier molecular flexibility index (Phi) is 7.13. The maximum absolute atomic E-state index is 12.2. The van der Waals surface area contributed by atoms with Crippen molar-refractivity contribution in [2.24, 2.45) is 5.92 Å². The minimum atomic E-state index is -1.06. The van der Waals surface area contributed by atoms with Crippen LogP contribution >= 0.6 is 33.4 Å². The third-order valence-corrected chi connectivity index (χ3v) is 5.73. The minimum Gasteiger partial charge on any atom is -0.477 e. The number of esters is 1. The Bertz CT molecular complexity index is 949. The summed E-state index contributed by atoms with van der Waals surface area (Å²) in [7, 11) is 6.60. The molecule has 0 bridgehead atoms. The first-order chi connectivity index (χ1) is 13.6. The number of allylic oxidation sites excluding steroid dienone is 2. The number of nitrogens with zero attached hydrogens (tertiary/aromatic N) is 2. The monoisotopic (exact) mass is 434 g/mol. The van der Waals surface area contributed by atoms with Gasteiger partial charge in [0.1, 0.15) is 23.0 Å². The molecule has 2 aromatic rings. The van der Waals surface area contributed by atoms with Crippen molar-refractivity contribution in [3.63, 3.8) is 0 Å². The summed E-state index contributed by atoms with van der Waals surface area (Å²) in [5.41, 5.74) is 1.29. The predicted octanol–water partition coefficient (Wildman–Crippen LogP) is 4.48. The lowest BCUT2D eigenvalue weighted by Crippen LogP contribution is -2.15. The summed E-state index contributed by atoms with van der Waals surface area (Å²) in [5.74, 6) is -0.985. The zero-order valence-corrected chi connectivity index (χ0v) is 16.8. The van der Waals surface area contributed by atoms with Crippen molar-refractivity contribution < 1.29 is 19.4 Å². The number of hydrogen-bond acceptors (Lipinski definition) is 7. The second-order valence-electron chi connectivity index (χ2n) is 5.72. The number of pyridine rings is 2. The highest BCUT2D eigenvalue weighted by atomic mass is 35.7. The van der Waals surface area contributed by atoms with Crippen LogP contribution in [-0.4, -0.2) is 39.4 Å². The molecule has 0 aromatic carbocycles. The number of thioether (sulfide) groups is 1. The topological polar surface area (TPSA) is 89.4 Å². The number of hydrogen-bond donors (Lipinski definition) is 1. The van der Waals surface area contributed by atoms with E-state index in [-0.39, 0.29) is 23.9 Å². The first-order valence-electron chi connectivity index (χ1n) is 8.20. The summed E-state index contributed by atoms with van der Waals surface area (Å²) in [6, 6.07) is 9.87. The number of rotatable bonds is 8. The Labute approximate surface area is 174 Å². The molecule has 1 atom stereocenters. The van der Waals surface area contributed by atoms with Gasteiger partial charge in [-0.2, -0.15) is 0 Å². The predicted molar refractivity (Wildman–Crippen MR) is 109 cm³/mol. The molecule has 0 saturated heterocycles. The van der Waals surface area contributed by atoms with Gasteiger partial charge in [0.15, 0.2) is 0 Å². The molecule has 1 aliphatic carbocycles. The molecule has 144 valence electrons. The van der Waals surface area contributed by atoms with Crippen molar-refractivity contribution in [2.45, 2.75) is 10.1 Å². The molecule has 6 nitrogen and oxygen atoms in total. The smallest absolute Gasteiger partial charge is 0.356 e. The van der Waals surface area contributed by atoms with Crippen LogP contribution in [-0.2, 0) is 4.74 Å². The van der Waals surface area contributed by atoms with E-state index in [2.05, 4.69) is 9.97 Å². The number of aromatic carboxylic acids is 1. The van der Waals surface area contributed by atoms with Gasteiger partial charge in [0.05, 0.1) is 5.03 Å². The van der Waals surface area contributed by atoms with Gasteiger partial charge in [0, 0.05) is 22.6 Å². The Balaban J connectivity index is 1.54. The fourth-order valence-corrected chi connectivity index (χ4v) is 3.94. The Morgan fingerprint density at radius 1 is 1.11 bits per heavy atom. The first-order valence-corrected chi connectivity index (χ1v) is 10.8. The number of carbonyl (C=O) groups is 2.